The van der Waals surface area contributed by atoms with Crippen LogP contribution in [0.3, 0.4) is 0 Å². The smallest absolute Gasteiger partial charge is 0.330 e. The van der Waals surface area contributed by atoms with Crippen molar-refractivity contribution >= 4 is 120 Å². The Balaban J connectivity index is 1.23. The average Bonchev–Trinajstić information content (AvgIpc) is 3.85. The van der Waals surface area contributed by atoms with Gasteiger partial charge in [0.05, 0.1) is 41.4 Å². The Morgan fingerprint density at radius 2 is 0.977 bits per heavy atom. The van der Waals surface area contributed by atoms with Gasteiger partial charge >= 0.3 is 11.9 Å². The summed E-state index contributed by atoms with van der Waals surface area (Å²) in [4.78, 5) is 30.9. The van der Waals surface area contributed by atoms with Crippen LogP contribution in [0.15, 0.2) is 36.4 Å². The molecule has 6 heterocycles. The summed E-state index contributed by atoms with van der Waals surface area (Å²) in [6, 6.07) is 8.37. The van der Waals surface area contributed by atoms with Gasteiger partial charge in [0.25, 0.3) is 0 Å². The molecule has 6 rings (SSSR count). The predicted octanol–water partition coefficient (Wildman–Crippen LogP) is 9.87. The van der Waals surface area contributed by atoms with E-state index < -0.39 is 0 Å². The van der Waals surface area contributed by atoms with E-state index in [1.807, 2.05) is 69.6 Å². The Morgan fingerprint density at radius 3 is 1.39 bits per heavy atom. The van der Waals surface area contributed by atoms with E-state index in [1.54, 1.807) is 36.9 Å². The van der Waals surface area contributed by atoms with Crippen molar-refractivity contribution < 1.29 is 28.5 Å². The van der Waals surface area contributed by atoms with Crippen LogP contribution >= 0.6 is 68.0 Å². The van der Waals surface area contributed by atoms with Crippen LogP contribution in [0.1, 0.15) is 20.9 Å². The molecule has 0 N–H and O–H groups in total. The van der Waals surface area contributed by atoms with E-state index in [9.17, 15) is 9.59 Å². The lowest BCUT2D eigenvalue weighted by Gasteiger charge is -1.99. The molecule has 0 saturated carbocycles. The second-order valence-corrected chi connectivity index (χ2v) is 16.0. The Kier molecular flexibility index (Phi) is 9.79. The molecular weight excluding hydrogens is 673 g/mol. The zero-order chi connectivity index (χ0) is 30.8. The molecule has 0 aliphatic carbocycles. The number of aryl methyl sites for hydroxylation is 2. The minimum Gasteiger partial charge on any atom is -0.460 e. The first-order valence-corrected chi connectivity index (χ1v) is 18.5. The molecule has 0 bridgehead atoms. The lowest BCUT2D eigenvalue weighted by atomic mass is 10.2. The van der Waals surface area contributed by atoms with Gasteiger partial charge in [0.15, 0.2) is 0 Å². The van der Waals surface area contributed by atoms with Crippen LogP contribution in [0, 0.1) is 13.8 Å². The first-order valence-electron chi connectivity index (χ1n) is 13.6. The van der Waals surface area contributed by atoms with E-state index in [4.69, 9.17) is 18.9 Å². The number of carbonyl (C=O) groups is 2. The molecule has 44 heavy (non-hydrogen) atoms. The third kappa shape index (κ3) is 6.35. The van der Waals surface area contributed by atoms with Gasteiger partial charge in [0.2, 0.25) is 0 Å². The quantitative estimate of drug-likeness (QED) is 0.0719. The van der Waals surface area contributed by atoms with Crippen molar-refractivity contribution in [2.45, 2.75) is 13.8 Å². The number of thiophene rings is 6. The number of esters is 2. The van der Waals surface area contributed by atoms with Crippen molar-refractivity contribution in [1.29, 1.82) is 0 Å². The predicted molar refractivity (Wildman–Crippen MR) is 190 cm³/mol. The molecule has 12 heteroatoms. The van der Waals surface area contributed by atoms with Crippen molar-refractivity contribution in [2.75, 3.05) is 40.6 Å². The highest BCUT2D eigenvalue weighted by atomic mass is 32.1. The third-order valence-corrected chi connectivity index (χ3v) is 15.1. The summed E-state index contributed by atoms with van der Waals surface area (Å²) in [5.41, 5.74) is 2.62. The van der Waals surface area contributed by atoms with Gasteiger partial charge in [0, 0.05) is 55.6 Å². The summed E-state index contributed by atoms with van der Waals surface area (Å²) in [6.45, 7) is 5.70. The standard InChI is InChI=1S/C32H28O6S6/c1-17-25(21-9-5-19(39-21)7-11-23(33)37-15-13-35-3)41-29-27(17)43-32-30-28(44-31(29)32)18(2)26(42-30)22-10-6-20(40-22)8-12-24(34)38-16-14-36-4/h5-12H,13-16H2,1-4H3/b11-7+,12-8+. The minimum atomic E-state index is -0.365. The summed E-state index contributed by atoms with van der Waals surface area (Å²) in [5, 5.41) is 0. The molecule has 0 fully saturated rings. The number of methoxy groups -OCH3 is 2. The molecule has 6 aromatic heterocycles. The van der Waals surface area contributed by atoms with E-state index >= 15 is 0 Å². The molecule has 0 unspecified atom stereocenters. The van der Waals surface area contributed by atoms with Crippen LogP contribution < -0.4 is 0 Å². The van der Waals surface area contributed by atoms with E-state index in [-0.39, 0.29) is 25.2 Å². The van der Waals surface area contributed by atoms with Crippen LogP contribution in [0.4, 0.5) is 0 Å². The maximum absolute atomic E-state index is 11.9. The van der Waals surface area contributed by atoms with Gasteiger partial charge in [-0.3, -0.25) is 0 Å². The highest BCUT2D eigenvalue weighted by Crippen LogP contribution is 2.55. The number of hydrogen-bond acceptors (Lipinski definition) is 12. The van der Waals surface area contributed by atoms with Crippen LogP contribution in [0.25, 0.3) is 59.9 Å². The summed E-state index contributed by atoms with van der Waals surface area (Å²) in [5.74, 6) is -0.730. The van der Waals surface area contributed by atoms with E-state index in [2.05, 4.69) is 26.0 Å². The number of carbonyl (C=O) groups excluding carboxylic acids is 2. The Bertz CT molecular complexity index is 1880. The van der Waals surface area contributed by atoms with E-state index in [1.165, 1.54) is 71.0 Å². The van der Waals surface area contributed by atoms with Crippen molar-refractivity contribution in [1.82, 2.24) is 0 Å². The molecule has 0 spiro atoms. The summed E-state index contributed by atoms with van der Waals surface area (Å²) < 4.78 is 28.2. The van der Waals surface area contributed by atoms with Gasteiger partial charge in [-0.05, 0) is 61.4 Å². The summed E-state index contributed by atoms with van der Waals surface area (Å²) in [6.07, 6.45) is 6.57. The molecule has 0 aliphatic rings. The number of ether oxygens (including phenoxy) is 4. The molecule has 0 radical (unpaired) electrons. The first-order chi connectivity index (χ1) is 21.4. The third-order valence-electron chi connectivity index (χ3n) is 6.74. The van der Waals surface area contributed by atoms with Gasteiger partial charge < -0.3 is 18.9 Å². The maximum Gasteiger partial charge on any atom is 0.330 e. The fourth-order valence-electron chi connectivity index (χ4n) is 4.58. The molecule has 228 valence electrons. The van der Waals surface area contributed by atoms with Crippen molar-refractivity contribution in [3.05, 3.63) is 57.3 Å². The second-order valence-electron chi connectivity index (χ2n) is 9.68. The number of hydrogen-bond donors (Lipinski definition) is 0. The van der Waals surface area contributed by atoms with Crippen LogP contribution in [0.2, 0.25) is 0 Å². The summed E-state index contributed by atoms with van der Waals surface area (Å²) >= 11 is 10.9. The number of fused-ring (bicyclic) bond motifs is 5. The SMILES string of the molecule is COCCOC(=O)/C=C/c1ccc(-c2sc3c(sc4c5sc(-c6ccc(/C=C/C(=O)OCCOC)s6)c(C)c5sc34)c2C)s1. The molecule has 6 aromatic rings. The molecule has 0 atom stereocenters. The van der Waals surface area contributed by atoms with Crippen molar-refractivity contribution in [3.63, 3.8) is 0 Å². The zero-order valence-electron chi connectivity index (χ0n) is 24.3. The van der Waals surface area contributed by atoms with Crippen LogP contribution in [-0.2, 0) is 28.5 Å². The van der Waals surface area contributed by atoms with Crippen LogP contribution in [-0.4, -0.2) is 52.6 Å². The van der Waals surface area contributed by atoms with Gasteiger partial charge in [-0.1, -0.05) is 0 Å². The first kappa shape index (κ1) is 31.3. The lowest BCUT2D eigenvalue weighted by Crippen LogP contribution is -2.06. The monoisotopic (exact) mass is 700 g/mol. The Morgan fingerprint density at radius 1 is 0.568 bits per heavy atom. The lowest BCUT2D eigenvalue weighted by molar-refractivity contribution is -0.139. The number of rotatable bonds is 12. The summed E-state index contributed by atoms with van der Waals surface area (Å²) in [7, 11) is 3.16. The molecule has 0 saturated heterocycles. The zero-order valence-corrected chi connectivity index (χ0v) is 29.2. The molecular formula is C32H28O6S6. The highest BCUT2D eigenvalue weighted by Gasteiger charge is 2.23. The molecule has 0 aromatic carbocycles. The molecule has 0 amide bonds. The van der Waals surface area contributed by atoms with E-state index in [0.717, 1.165) is 9.75 Å². The topological polar surface area (TPSA) is 71.1 Å². The molecule has 6 nitrogen and oxygen atoms in total. The van der Waals surface area contributed by atoms with Crippen LogP contribution in [0.5, 0.6) is 0 Å². The van der Waals surface area contributed by atoms with Gasteiger partial charge in [-0.15, -0.1) is 68.0 Å². The highest BCUT2D eigenvalue weighted by molar-refractivity contribution is 7.46. The fourth-order valence-corrected chi connectivity index (χ4v) is 12.8. The van der Waals surface area contributed by atoms with Crippen molar-refractivity contribution in [2.24, 2.45) is 0 Å². The Hall–Kier alpha value is -2.68. The van der Waals surface area contributed by atoms with E-state index in [0.29, 0.717) is 13.2 Å². The fraction of sp³-hybridized carbons (Fsp3) is 0.250. The normalized spacial score (nSPS) is 12.2. The Labute approximate surface area is 278 Å². The van der Waals surface area contributed by atoms with Crippen molar-refractivity contribution in [3.8, 4) is 19.5 Å². The average molecular weight is 701 g/mol. The second kappa shape index (κ2) is 13.8. The van der Waals surface area contributed by atoms with Gasteiger partial charge in [0.1, 0.15) is 13.2 Å². The van der Waals surface area contributed by atoms with Gasteiger partial charge in [-0.2, -0.15) is 0 Å². The maximum atomic E-state index is 11.9. The minimum absolute atomic E-state index is 0.249. The molecule has 0 aliphatic heterocycles. The largest absolute Gasteiger partial charge is 0.460 e. The van der Waals surface area contributed by atoms with Gasteiger partial charge in [-0.25, -0.2) is 9.59 Å².